The van der Waals surface area contributed by atoms with Crippen molar-refractivity contribution in [2.24, 2.45) is 17.6 Å². The molecule has 2 unspecified atom stereocenters. The highest BCUT2D eigenvalue weighted by Crippen LogP contribution is 2.18. The minimum atomic E-state index is -0.810. The number of nitrogens with two attached hydrogens (primary N) is 1. The number of halogens is 1. The molecule has 0 aliphatic carbocycles. The molecule has 0 fully saturated rings. The van der Waals surface area contributed by atoms with Crippen LogP contribution in [0.25, 0.3) is 0 Å². The zero-order valence-corrected chi connectivity index (χ0v) is 10.7. The SMILES string of the molecule is CC(Cc1ccc(Cl)cc1)CC(CN)C(=O)O. The Hall–Kier alpha value is -1.06. The number of rotatable bonds is 6. The van der Waals surface area contributed by atoms with Crippen LogP contribution in [0.4, 0.5) is 0 Å². The predicted molar refractivity (Wildman–Crippen MR) is 69.1 cm³/mol. The summed E-state index contributed by atoms with van der Waals surface area (Å²) >= 11 is 5.80. The first kappa shape index (κ1) is 14.0. The van der Waals surface area contributed by atoms with E-state index in [9.17, 15) is 4.79 Å². The zero-order chi connectivity index (χ0) is 12.8. The third-order valence-corrected chi connectivity index (χ3v) is 3.07. The summed E-state index contributed by atoms with van der Waals surface area (Å²) in [6, 6.07) is 7.64. The summed E-state index contributed by atoms with van der Waals surface area (Å²) in [7, 11) is 0. The van der Waals surface area contributed by atoms with Crippen molar-refractivity contribution >= 4 is 17.6 Å². The van der Waals surface area contributed by atoms with E-state index in [-0.39, 0.29) is 6.54 Å². The van der Waals surface area contributed by atoms with Crippen molar-refractivity contribution in [3.63, 3.8) is 0 Å². The van der Waals surface area contributed by atoms with Crippen LogP contribution in [-0.2, 0) is 11.2 Å². The van der Waals surface area contributed by atoms with Crippen LogP contribution in [0.2, 0.25) is 5.02 Å². The minimum absolute atomic E-state index is 0.195. The molecule has 0 aliphatic heterocycles. The summed E-state index contributed by atoms with van der Waals surface area (Å²) in [5.74, 6) is -0.964. The molecule has 0 radical (unpaired) electrons. The molecule has 1 aromatic rings. The molecule has 0 aliphatic rings. The molecule has 3 nitrogen and oxygen atoms in total. The van der Waals surface area contributed by atoms with E-state index in [1.165, 1.54) is 5.56 Å². The molecule has 3 N–H and O–H groups in total. The van der Waals surface area contributed by atoms with Gasteiger partial charge in [-0.2, -0.15) is 0 Å². The smallest absolute Gasteiger partial charge is 0.307 e. The van der Waals surface area contributed by atoms with Gasteiger partial charge in [-0.3, -0.25) is 4.79 Å². The fraction of sp³-hybridized carbons (Fsp3) is 0.462. The standard InChI is InChI=1S/C13H18ClNO2/c1-9(7-11(8-15)13(16)17)6-10-2-4-12(14)5-3-10/h2-5,9,11H,6-8,15H2,1H3,(H,16,17). The number of hydrogen-bond acceptors (Lipinski definition) is 2. The first-order valence-electron chi connectivity index (χ1n) is 5.70. The number of benzene rings is 1. The fourth-order valence-electron chi connectivity index (χ4n) is 1.89. The van der Waals surface area contributed by atoms with Gasteiger partial charge in [-0.15, -0.1) is 0 Å². The van der Waals surface area contributed by atoms with Gasteiger partial charge in [-0.25, -0.2) is 0 Å². The summed E-state index contributed by atoms with van der Waals surface area (Å²) in [5, 5.41) is 9.64. The van der Waals surface area contributed by atoms with Crippen LogP contribution in [0.1, 0.15) is 18.9 Å². The second kappa shape index (κ2) is 6.62. The lowest BCUT2D eigenvalue weighted by atomic mass is 9.91. The Kier molecular flexibility index (Phi) is 5.45. The van der Waals surface area contributed by atoms with Crippen molar-refractivity contribution in [3.8, 4) is 0 Å². The topological polar surface area (TPSA) is 63.3 Å². The van der Waals surface area contributed by atoms with Gasteiger partial charge in [0.1, 0.15) is 0 Å². The van der Waals surface area contributed by atoms with Gasteiger partial charge in [0.25, 0.3) is 0 Å². The van der Waals surface area contributed by atoms with Gasteiger partial charge in [0.2, 0.25) is 0 Å². The third kappa shape index (κ3) is 4.75. The van der Waals surface area contributed by atoms with E-state index in [0.29, 0.717) is 17.4 Å². The average Bonchev–Trinajstić information content (AvgIpc) is 2.28. The second-order valence-corrected chi connectivity index (χ2v) is 4.88. The maximum atomic E-state index is 10.9. The second-order valence-electron chi connectivity index (χ2n) is 4.44. The molecule has 0 bridgehead atoms. The number of aliphatic carboxylic acids is 1. The van der Waals surface area contributed by atoms with Gasteiger partial charge >= 0.3 is 5.97 Å². The largest absolute Gasteiger partial charge is 0.481 e. The van der Waals surface area contributed by atoms with E-state index in [0.717, 1.165) is 6.42 Å². The summed E-state index contributed by atoms with van der Waals surface area (Å²) in [6.07, 6.45) is 1.45. The van der Waals surface area contributed by atoms with Crippen molar-refractivity contribution in [2.75, 3.05) is 6.54 Å². The summed E-state index contributed by atoms with van der Waals surface area (Å²) < 4.78 is 0. The maximum Gasteiger partial charge on any atom is 0.307 e. The van der Waals surface area contributed by atoms with Crippen LogP contribution < -0.4 is 5.73 Å². The molecule has 0 spiro atoms. The molecule has 0 saturated heterocycles. The molecule has 0 saturated carbocycles. The lowest BCUT2D eigenvalue weighted by molar-refractivity contribution is -0.141. The van der Waals surface area contributed by atoms with Gasteiger partial charge in [0.15, 0.2) is 0 Å². The molecule has 1 aromatic carbocycles. The van der Waals surface area contributed by atoms with Crippen LogP contribution in [0.5, 0.6) is 0 Å². The molecule has 94 valence electrons. The van der Waals surface area contributed by atoms with Crippen molar-refractivity contribution in [1.82, 2.24) is 0 Å². The predicted octanol–water partition coefficient (Wildman–Crippen LogP) is 2.57. The van der Waals surface area contributed by atoms with Crippen molar-refractivity contribution in [1.29, 1.82) is 0 Å². The van der Waals surface area contributed by atoms with Crippen LogP contribution in [-0.4, -0.2) is 17.6 Å². The molecular weight excluding hydrogens is 238 g/mol. The highest BCUT2D eigenvalue weighted by Gasteiger charge is 2.18. The van der Waals surface area contributed by atoms with Crippen LogP contribution >= 0.6 is 11.6 Å². The Labute approximate surface area is 107 Å². The molecule has 2 atom stereocenters. The first-order chi connectivity index (χ1) is 8.02. The normalized spacial score (nSPS) is 14.3. The number of carbonyl (C=O) groups is 1. The maximum absolute atomic E-state index is 10.9. The van der Waals surface area contributed by atoms with E-state index >= 15 is 0 Å². The molecule has 0 amide bonds. The summed E-state index contributed by atoms with van der Waals surface area (Å²) in [5.41, 5.74) is 6.61. The van der Waals surface area contributed by atoms with Crippen molar-refractivity contribution < 1.29 is 9.90 Å². The van der Waals surface area contributed by atoms with Gasteiger partial charge in [-0.1, -0.05) is 30.7 Å². The number of carboxylic acids is 1. The van der Waals surface area contributed by atoms with E-state index in [2.05, 4.69) is 0 Å². The lowest BCUT2D eigenvalue weighted by Gasteiger charge is -2.16. The molecule has 4 heteroatoms. The summed E-state index contributed by atoms with van der Waals surface area (Å²) in [6.45, 7) is 2.24. The van der Waals surface area contributed by atoms with E-state index in [1.54, 1.807) is 0 Å². The molecule has 17 heavy (non-hydrogen) atoms. The highest BCUT2D eigenvalue weighted by atomic mass is 35.5. The Morgan fingerprint density at radius 1 is 1.41 bits per heavy atom. The Morgan fingerprint density at radius 2 is 2.00 bits per heavy atom. The van der Waals surface area contributed by atoms with E-state index in [4.69, 9.17) is 22.4 Å². The quantitative estimate of drug-likeness (QED) is 0.821. The summed E-state index contributed by atoms with van der Waals surface area (Å²) in [4.78, 5) is 10.9. The van der Waals surface area contributed by atoms with Crippen molar-refractivity contribution in [3.05, 3.63) is 34.9 Å². The number of carboxylic acid groups (broad SMARTS) is 1. The van der Waals surface area contributed by atoms with Gasteiger partial charge in [-0.05, 0) is 36.5 Å². The Bertz CT molecular complexity index is 364. The van der Waals surface area contributed by atoms with Crippen LogP contribution in [0.15, 0.2) is 24.3 Å². The third-order valence-electron chi connectivity index (χ3n) is 2.82. The van der Waals surface area contributed by atoms with Gasteiger partial charge in [0.05, 0.1) is 5.92 Å². The van der Waals surface area contributed by atoms with Crippen molar-refractivity contribution in [2.45, 2.75) is 19.8 Å². The minimum Gasteiger partial charge on any atom is -0.481 e. The zero-order valence-electron chi connectivity index (χ0n) is 9.90. The van der Waals surface area contributed by atoms with E-state index in [1.807, 2.05) is 31.2 Å². The fourth-order valence-corrected chi connectivity index (χ4v) is 2.02. The average molecular weight is 256 g/mol. The van der Waals surface area contributed by atoms with E-state index < -0.39 is 11.9 Å². The molecule has 0 heterocycles. The monoisotopic (exact) mass is 255 g/mol. The Morgan fingerprint density at radius 3 is 2.47 bits per heavy atom. The Balaban J connectivity index is 2.51. The molecule has 0 aromatic heterocycles. The first-order valence-corrected chi connectivity index (χ1v) is 6.08. The highest BCUT2D eigenvalue weighted by molar-refractivity contribution is 6.30. The molecular formula is C13H18ClNO2. The lowest BCUT2D eigenvalue weighted by Crippen LogP contribution is -2.25. The van der Waals surface area contributed by atoms with Crippen LogP contribution in [0, 0.1) is 11.8 Å². The van der Waals surface area contributed by atoms with Gasteiger partial charge in [0, 0.05) is 11.6 Å². The number of hydrogen-bond donors (Lipinski definition) is 2. The van der Waals surface area contributed by atoms with Gasteiger partial charge < -0.3 is 10.8 Å². The molecule has 1 rings (SSSR count). The van der Waals surface area contributed by atoms with Crippen LogP contribution in [0.3, 0.4) is 0 Å².